The van der Waals surface area contributed by atoms with E-state index in [1.807, 2.05) is 6.92 Å². The molecular formula is C12H19N3O4. The second-order valence-corrected chi connectivity index (χ2v) is 4.00. The van der Waals surface area contributed by atoms with Crippen molar-refractivity contribution < 1.29 is 19.4 Å². The van der Waals surface area contributed by atoms with E-state index >= 15 is 0 Å². The summed E-state index contributed by atoms with van der Waals surface area (Å²) in [6, 6.07) is -1.13. The highest BCUT2D eigenvalue weighted by atomic mass is 16.5. The Labute approximate surface area is 111 Å². The maximum Gasteiger partial charge on any atom is 0.331 e. The topological polar surface area (TPSA) is 93.5 Å². The Kier molecular flexibility index (Phi) is 6.01. The minimum Gasteiger partial charge on any atom is -0.464 e. The molecule has 106 valence electrons. The van der Waals surface area contributed by atoms with Crippen LogP contribution in [0.1, 0.15) is 31.9 Å². The van der Waals surface area contributed by atoms with Gasteiger partial charge in [-0.15, -0.1) is 0 Å². The first-order valence-corrected chi connectivity index (χ1v) is 6.20. The van der Waals surface area contributed by atoms with E-state index in [4.69, 9.17) is 4.74 Å². The second kappa shape index (κ2) is 7.52. The predicted molar refractivity (Wildman–Crippen MR) is 67.1 cm³/mol. The molecule has 2 unspecified atom stereocenters. The Balaban J connectivity index is 2.81. The van der Waals surface area contributed by atoms with Gasteiger partial charge in [0.25, 0.3) is 0 Å². The van der Waals surface area contributed by atoms with E-state index in [-0.39, 0.29) is 6.61 Å². The summed E-state index contributed by atoms with van der Waals surface area (Å²) in [7, 11) is 0. The Morgan fingerprint density at radius 3 is 2.95 bits per heavy atom. The molecule has 1 rings (SSSR count). The lowest BCUT2D eigenvalue weighted by atomic mass is 10.1. The van der Waals surface area contributed by atoms with E-state index in [0.29, 0.717) is 12.0 Å². The number of aliphatic hydroxyl groups excluding tert-OH is 1. The van der Waals surface area contributed by atoms with Gasteiger partial charge in [-0.3, -0.25) is 9.48 Å². The smallest absolute Gasteiger partial charge is 0.331 e. The van der Waals surface area contributed by atoms with Crippen molar-refractivity contribution in [2.75, 3.05) is 6.61 Å². The lowest BCUT2D eigenvalue weighted by molar-refractivity contribution is -0.149. The number of nitrogens with zero attached hydrogens (tertiary/aromatic N) is 2. The molecule has 0 radical (unpaired) electrons. The molecule has 2 N–H and O–H groups in total. The van der Waals surface area contributed by atoms with Crippen LogP contribution in [0.25, 0.3) is 0 Å². The van der Waals surface area contributed by atoms with Crippen molar-refractivity contribution in [1.82, 2.24) is 15.1 Å². The number of aryl methyl sites for hydroxylation is 1. The van der Waals surface area contributed by atoms with Crippen LogP contribution in [0.15, 0.2) is 12.4 Å². The van der Waals surface area contributed by atoms with E-state index in [2.05, 4.69) is 10.4 Å². The van der Waals surface area contributed by atoms with Gasteiger partial charge < -0.3 is 15.2 Å². The average molecular weight is 269 g/mol. The minimum absolute atomic E-state index is 0.178. The van der Waals surface area contributed by atoms with Gasteiger partial charge in [0.15, 0.2) is 6.04 Å². The molecule has 0 bridgehead atoms. The molecule has 19 heavy (non-hydrogen) atoms. The van der Waals surface area contributed by atoms with Gasteiger partial charge in [0.2, 0.25) is 6.41 Å². The fourth-order valence-corrected chi connectivity index (χ4v) is 1.67. The van der Waals surface area contributed by atoms with Crippen LogP contribution in [-0.4, -0.2) is 39.9 Å². The van der Waals surface area contributed by atoms with Crippen molar-refractivity contribution >= 4 is 12.4 Å². The van der Waals surface area contributed by atoms with Crippen molar-refractivity contribution in [2.24, 2.45) is 0 Å². The fourth-order valence-electron chi connectivity index (χ4n) is 1.67. The average Bonchev–Trinajstić information content (AvgIpc) is 2.84. The first-order chi connectivity index (χ1) is 9.13. The molecule has 1 amide bonds. The molecule has 0 fully saturated rings. The first kappa shape index (κ1) is 15.2. The largest absolute Gasteiger partial charge is 0.464 e. The Morgan fingerprint density at radius 1 is 1.63 bits per heavy atom. The lowest BCUT2D eigenvalue weighted by Crippen LogP contribution is -2.42. The number of ether oxygens (including phenoxy) is 1. The van der Waals surface area contributed by atoms with Crippen molar-refractivity contribution in [3.63, 3.8) is 0 Å². The van der Waals surface area contributed by atoms with Crippen molar-refractivity contribution in [2.45, 2.75) is 39.0 Å². The maximum absolute atomic E-state index is 11.6. The number of nitrogens with one attached hydrogen (secondary N) is 1. The molecule has 0 aromatic carbocycles. The van der Waals surface area contributed by atoms with E-state index in [1.165, 1.54) is 6.20 Å². The number of esters is 1. The molecule has 1 aromatic rings. The summed E-state index contributed by atoms with van der Waals surface area (Å²) in [5.74, 6) is -0.676. The maximum atomic E-state index is 11.6. The van der Waals surface area contributed by atoms with Crippen LogP contribution in [0, 0.1) is 0 Å². The quantitative estimate of drug-likeness (QED) is 0.512. The zero-order valence-corrected chi connectivity index (χ0v) is 11.1. The second-order valence-electron chi connectivity index (χ2n) is 4.00. The summed E-state index contributed by atoms with van der Waals surface area (Å²) < 4.78 is 6.47. The number of rotatable bonds is 8. The van der Waals surface area contributed by atoms with Crippen LogP contribution in [0.3, 0.4) is 0 Å². The Hall–Kier alpha value is -1.89. The summed E-state index contributed by atoms with van der Waals surface area (Å²) >= 11 is 0. The summed E-state index contributed by atoms with van der Waals surface area (Å²) in [6.07, 6.45) is 3.20. The van der Waals surface area contributed by atoms with Crippen LogP contribution in [-0.2, 0) is 20.9 Å². The molecule has 0 aliphatic heterocycles. The normalized spacial score (nSPS) is 13.6. The fraction of sp³-hybridized carbons (Fsp3) is 0.583. The van der Waals surface area contributed by atoms with Gasteiger partial charge in [0.1, 0.15) is 6.10 Å². The van der Waals surface area contributed by atoms with Gasteiger partial charge in [0.05, 0.1) is 12.8 Å². The Morgan fingerprint density at radius 2 is 2.37 bits per heavy atom. The van der Waals surface area contributed by atoms with Crippen molar-refractivity contribution in [3.8, 4) is 0 Å². The van der Waals surface area contributed by atoms with Crippen LogP contribution in [0.2, 0.25) is 0 Å². The van der Waals surface area contributed by atoms with Crippen molar-refractivity contribution in [1.29, 1.82) is 0 Å². The van der Waals surface area contributed by atoms with E-state index < -0.39 is 18.1 Å². The highest BCUT2D eigenvalue weighted by Gasteiger charge is 2.29. The number of hydrogen-bond acceptors (Lipinski definition) is 5. The van der Waals surface area contributed by atoms with Crippen molar-refractivity contribution in [3.05, 3.63) is 18.0 Å². The number of amides is 1. The molecule has 1 aromatic heterocycles. The van der Waals surface area contributed by atoms with Crippen LogP contribution in [0.5, 0.6) is 0 Å². The van der Waals surface area contributed by atoms with Gasteiger partial charge in [-0.2, -0.15) is 5.10 Å². The number of aliphatic hydroxyl groups is 1. The predicted octanol–water partition coefficient (Wildman–Crippen LogP) is 0.00420. The zero-order valence-electron chi connectivity index (χ0n) is 11.1. The molecular weight excluding hydrogens is 250 g/mol. The highest BCUT2D eigenvalue weighted by Crippen LogP contribution is 2.17. The standard InChI is InChI=1S/C12H19N3O4/c1-3-5-15-7-9(6-14-15)11(17)10(13-8-16)12(18)19-4-2/h6-8,10-11,17H,3-5H2,1-2H3,(H,13,16). The highest BCUT2D eigenvalue weighted by molar-refractivity contribution is 5.79. The van der Waals surface area contributed by atoms with E-state index in [9.17, 15) is 14.7 Å². The number of hydrogen-bond donors (Lipinski definition) is 2. The minimum atomic E-state index is -1.19. The summed E-state index contributed by atoms with van der Waals surface area (Å²) in [6.45, 7) is 4.56. The zero-order chi connectivity index (χ0) is 14.3. The molecule has 0 saturated carbocycles. The molecule has 0 spiro atoms. The van der Waals surface area contributed by atoms with Crippen LogP contribution >= 0.6 is 0 Å². The third-order valence-corrected chi connectivity index (χ3v) is 2.55. The SMILES string of the molecule is CCCn1cc(C(O)C(NC=O)C(=O)OCC)cn1. The van der Waals surface area contributed by atoms with Gasteiger partial charge in [-0.25, -0.2) is 4.79 Å². The van der Waals surface area contributed by atoms with E-state index in [0.717, 1.165) is 13.0 Å². The Bertz CT molecular complexity index is 419. The van der Waals surface area contributed by atoms with E-state index in [1.54, 1.807) is 17.8 Å². The molecule has 0 aliphatic carbocycles. The summed E-state index contributed by atoms with van der Waals surface area (Å²) in [4.78, 5) is 22.2. The molecule has 1 heterocycles. The van der Waals surface area contributed by atoms with Gasteiger partial charge >= 0.3 is 5.97 Å². The molecule has 7 heteroatoms. The molecule has 7 nitrogen and oxygen atoms in total. The third kappa shape index (κ3) is 4.06. The third-order valence-electron chi connectivity index (χ3n) is 2.55. The van der Waals surface area contributed by atoms with Gasteiger partial charge in [0, 0.05) is 18.3 Å². The number of carbonyl (C=O) groups is 2. The molecule has 0 aliphatic rings. The van der Waals surface area contributed by atoms with Gasteiger partial charge in [-0.1, -0.05) is 6.92 Å². The first-order valence-electron chi connectivity index (χ1n) is 6.20. The summed E-state index contributed by atoms with van der Waals surface area (Å²) in [5, 5.41) is 16.4. The van der Waals surface area contributed by atoms with Gasteiger partial charge in [-0.05, 0) is 13.3 Å². The van der Waals surface area contributed by atoms with Crippen LogP contribution in [0.4, 0.5) is 0 Å². The lowest BCUT2D eigenvalue weighted by Gasteiger charge is -2.19. The number of aromatic nitrogens is 2. The van der Waals surface area contributed by atoms with Crippen LogP contribution < -0.4 is 5.32 Å². The molecule has 0 saturated heterocycles. The summed E-state index contributed by atoms with van der Waals surface area (Å²) in [5.41, 5.74) is 0.459. The molecule has 2 atom stereocenters. The monoisotopic (exact) mass is 269 g/mol. The number of carbonyl (C=O) groups excluding carboxylic acids is 2.